The Bertz CT molecular complexity index is 840. The molecule has 0 aliphatic carbocycles. The lowest BCUT2D eigenvalue weighted by atomic mass is 10.2. The average Bonchev–Trinajstić information content (AvgIpc) is 2.65. The molecule has 8 heteroatoms. The number of nitrogens with one attached hydrogen (secondary N) is 1. The second-order valence-corrected chi connectivity index (χ2v) is 7.24. The summed E-state index contributed by atoms with van der Waals surface area (Å²) >= 11 is 5.90. The number of hydrogen-bond acceptors (Lipinski definition) is 5. The van der Waals surface area contributed by atoms with Crippen LogP contribution in [0.25, 0.3) is 0 Å². The predicted molar refractivity (Wildman–Crippen MR) is 100 cm³/mol. The van der Waals surface area contributed by atoms with E-state index in [1.54, 1.807) is 37.3 Å². The number of esters is 1. The topological polar surface area (TPSA) is 81.7 Å². The van der Waals surface area contributed by atoms with Gasteiger partial charge in [-0.15, -0.1) is 0 Å². The summed E-state index contributed by atoms with van der Waals surface area (Å²) in [5.41, 5.74) is 0.550. The Balaban J connectivity index is 2.03. The molecular formula is C18H18ClNO5S. The molecule has 0 unspecified atom stereocenters. The average molecular weight is 396 g/mol. The fourth-order valence-electron chi connectivity index (χ4n) is 2.16. The van der Waals surface area contributed by atoms with Crippen LogP contribution in [0.5, 0.6) is 5.75 Å². The predicted octanol–water partition coefficient (Wildman–Crippen LogP) is 3.27. The van der Waals surface area contributed by atoms with Gasteiger partial charge in [0.25, 0.3) is 5.91 Å². The van der Waals surface area contributed by atoms with Crippen LogP contribution in [-0.4, -0.2) is 35.6 Å². The molecule has 1 N–H and O–H groups in total. The van der Waals surface area contributed by atoms with Crippen molar-refractivity contribution in [1.29, 1.82) is 0 Å². The van der Waals surface area contributed by atoms with Crippen LogP contribution < -0.4 is 10.1 Å². The van der Waals surface area contributed by atoms with Gasteiger partial charge >= 0.3 is 5.97 Å². The highest BCUT2D eigenvalue weighted by atomic mass is 35.5. The van der Waals surface area contributed by atoms with Gasteiger partial charge < -0.3 is 14.8 Å². The second-order valence-electron chi connectivity index (χ2n) is 5.10. The zero-order valence-corrected chi connectivity index (χ0v) is 15.9. The first-order valence-electron chi connectivity index (χ1n) is 7.74. The van der Waals surface area contributed by atoms with Crippen LogP contribution in [0.3, 0.4) is 0 Å². The summed E-state index contributed by atoms with van der Waals surface area (Å²) in [5.74, 6) is -0.458. The van der Waals surface area contributed by atoms with E-state index in [0.717, 1.165) is 0 Å². The number of anilines is 1. The van der Waals surface area contributed by atoms with Gasteiger partial charge in [0.1, 0.15) is 5.75 Å². The van der Waals surface area contributed by atoms with Gasteiger partial charge in [0.05, 0.1) is 34.1 Å². The molecule has 0 fully saturated rings. The van der Waals surface area contributed by atoms with E-state index in [1.165, 1.54) is 19.2 Å². The van der Waals surface area contributed by atoms with Gasteiger partial charge in [-0.05, 0) is 30.3 Å². The van der Waals surface area contributed by atoms with Gasteiger partial charge in [0, 0.05) is 10.8 Å². The standard InChI is InChI=1S/C18H18ClNO5S/c1-3-26(23)16-7-5-4-6-13(16)18(22)25-11-17(21)20-14-10-12(19)8-9-15(14)24-2/h4-10H,3,11H2,1-2H3,(H,20,21)/t26-/m1/s1. The minimum Gasteiger partial charge on any atom is -0.495 e. The van der Waals surface area contributed by atoms with E-state index in [2.05, 4.69) is 5.32 Å². The molecule has 2 aromatic carbocycles. The van der Waals surface area contributed by atoms with Crippen molar-refractivity contribution in [3.63, 3.8) is 0 Å². The Morgan fingerprint density at radius 2 is 1.92 bits per heavy atom. The van der Waals surface area contributed by atoms with Crippen LogP contribution in [-0.2, 0) is 20.3 Å². The molecule has 2 aromatic rings. The number of ether oxygens (including phenoxy) is 2. The summed E-state index contributed by atoms with van der Waals surface area (Å²) in [6.07, 6.45) is 0. The molecule has 26 heavy (non-hydrogen) atoms. The SMILES string of the molecule is CC[S@@](=O)c1ccccc1C(=O)OCC(=O)Nc1cc(Cl)ccc1OC. The third-order valence-electron chi connectivity index (χ3n) is 3.38. The second kappa shape index (κ2) is 9.35. The van der Waals surface area contributed by atoms with Gasteiger partial charge in [-0.25, -0.2) is 4.79 Å². The van der Waals surface area contributed by atoms with Gasteiger partial charge in [-0.2, -0.15) is 0 Å². The molecule has 0 radical (unpaired) electrons. The summed E-state index contributed by atoms with van der Waals surface area (Å²) in [6, 6.07) is 11.2. The molecule has 2 rings (SSSR count). The highest BCUT2D eigenvalue weighted by Crippen LogP contribution is 2.27. The molecule has 6 nitrogen and oxygen atoms in total. The number of carbonyl (C=O) groups is 2. The van der Waals surface area contributed by atoms with E-state index in [1.807, 2.05) is 0 Å². The lowest BCUT2D eigenvalue weighted by Crippen LogP contribution is -2.22. The lowest BCUT2D eigenvalue weighted by molar-refractivity contribution is -0.119. The van der Waals surface area contributed by atoms with E-state index < -0.39 is 29.3 Å². The van der Waals surface area contributed by atoms with Crippen LogP contribution >= 0.6 is 11.6 Å². The zero-order chi connectivity index (χ0) is 19.1. The molecule has 1 atom stereocenters. The molecule has 0 aliphatic heterocycles. The summed E-state index contributed by atoms with van der Waals surface area (Å²) in [5, 5.41) is 3.00. The lowest BCUT2D eigenvalue weighted by Gasteiger charge is -2.11. The van der Waals surface area contributed by atoms with Crippen LogP contribution in [0.2, 0.25) is 5.02 Å². The van der Waals surface area contributed by atoms with Crippen molar-refractivity contribution in [3.05, 3.63) is 53.1 Å². The smallest absolute Gasteiger partial charge is 0.339 e. The van der Waals surface area contributed by atoms with E-state index in [4.69, 9.17) is 21.1 Å². The number of amides is 1. The summed E-state index contributed by atoms with van der Waals surface area (Å²) < 4.78 is 22.2. The Hall–Kier alpha value is -2.38. The van der Waals surface area contributed by atoms with Crippen molar-refractivity contribution in [2.45, 2.75) is 11.8 Å². The molecule has 0 saturated heterocycles. The molecule has 0 saturated carbocycles. The minimum atomic E-state index is -1.31. The molecule has 0 aromatic heterocycles. The van der Waals surface area contributed by atoms with Crippen LogP contribution in [0.15, 0.2) is 47.4 Å². The normalized spacial score (nSPS) is 11.5. The fourth-order valence-corrected chi connectivity index (χ4v) is 3.27. The highest BCUT2D eigenvalue weighted by Gasteiger charge is 2.17. The van der Waals surface area contributed by atoms with Gasteiger partial charge in [0.15, 0.2) is 6.61 Å². The monoisotopic (exact) mass is 395 g/mol. The van der Waals surface area contributed by atoms with Crippen molar-refractivity contribution in [2.24, 2.45) is 0 Å². The van der Waals surface area contributed by atoms with Gasteiger partial charge in [-0.3, -0.25) is 9.00 Å². The number of methoxy groups -OCH3 is 1. The van der Waals surface area contributed by atoms with E-state index in [-0.39, 0.29) is 5.56 Å². The molecule has 0 spiro atoms. The summed E-state index contributed by atoms with van der Waals surface area (Å²) in [6.45, 7) is 1.26. The number of benzene rings is 2. The molecule has 0 bridgehead atoms. The third-order valence-corrected chi connectivity index (χ3v) is 4.99. The molecular weight excluding hydrogens is 378 g/mol. The Morgan fingerprint density at radius 1 is 1.19 bits per heavy atom. The van der Waals surface area contributed by atoms with Gasteiger partial charge in [0.2, 0.25) is 0 Å². The van der Waals surface area contributed by atoms with Crippen molar-refractivity contribution in [3.8, 4) is 5.75 Å². The third kappa shape index (κ3) is 5.06. The first-order chi connectivity index (χ1) is 12.5. The fraction of sp³-hybridized carbons (Fsp3) is 0.222. The van der Waals surface area contributed by atoms with E-state index in [9.17, 15) is 13.8 Å². The summed E-state index contributed by atoms with van der Waals surface area (Å²) in [4.78, 5) is 24.7. The molecule has 0 aliphatic rings. The molecule has 138 valence electrons. The minimum absolute atomic E-state index is 0.181. The first kappa shape index (κ1) is 19.9. The van der Waals surface area contributed by atoms with E-state index in [0.29, 0.717) is 27.1 Å². The molecule has 1 amide bonds. The highest BCUT2D eigenvalue weighted by molar-refractivity contribution is 7.85. The van der Waals surface area contributed by atoms with E-state index >= 15 is 0 Å². The Labute approximate surface area is 158 Å². The number of rotatable bonds is 7. The van der Waals surface area contributed by atoms with Crippen LogP contribution in [0.4, 0.5) is 5.69 Å². The van der Waals surface area contributed by atoms with Crippen LogP contribution in [0, 0.1) is 0 Å². The van der Waals surface area contributed by atoms with Crippen molar-refractivity contribution in [1.82, 2.24) is 0 Å². The Kier molecular flexibility index (Phi) is 7.17. The number of halogens is 1. The largest absolute Gasteiger partial charge is 0.495 e. The first-order valence-corrected chi connectivity index (χ1v) is 9.43. The molecule has 0 heterocycles. The van der Waals surface area contributed by atoms with Crippen molar-refractivity contribution in [2.75, 3.05) is 24.8 Å². The maximum absolute atomic E-state index is 12.2. The van der Waals surface area contributed by atoms with Crippen molar-refractivity contribution >= 4 is 40.0 Å². The quantitative estimate of drug-likeness (QED) is 0.727. The van der Waals surface area contributed by atoms with Gasteiger partial charge in [-0.1, -0.05) is 30.7 Å². The van der Waals surface area contributed by atoms with Crippen molar-refractivity contribution < 1.29 is 23.3 Å². The maximum Gasteiger partial charge on any atom is 0.339 e. The zero-order valence-electron chi connectivity index (χ0n) is 14.3. The summed E-state index contributed by atoms with van der Waals surface area (Å²) in [7, 11) is 0.154. The Morgan fingerprint density at radius 3 is 2.62 bits per heavy atom. The maximum atomic E-state index is 12.2. The number of hydrogen-bond donors (Lipinski definition) is 1. The van der Waals surface area contributed by atoms with Crippen LogP contribution in [0.1, 0.15) is 17.3 Å². The number of carbonyl (C=O) groups excluding carboxylic acids is 2.